The fraction of sp³-hybridized carbons (Fsp3) is 0.562. The minimum atomic E-state index is -4.34. The summed E-state index contributed by atoms with van der Waals surface area (Å²) in [5.74, 6) is 0.206. The summed E-state index contributed by atoms with van der Waals surface area (Å²) in [7, 11) is 0. The van der Waals surface area contributed by atoms with E-state index < -0.39 is 12.8 Å². The highest BCUT2D eigenvalue weighted by Gasteiger charge is 2.35. The molecule has 3 nitrogen and oxygen atoms in total. The summed E-state index contributed by atoms with van der Waals surface area (Å²) in [6, 6.07) is 6.26. The van der Waals surface area contributed by atoms with Crippen LogP contribution in [-0.4, -0.2) is 18.7 Å². The summed E-state index contributed by atoms with van der Waals surface area (Å²) in [5.41, 5.74) is 0.546. The minimum Gasteiger partial charge on any atom is -0.484 e. The molecule has 0 spiro atoms. The van der Waals surface area contributed by atoms with Crippen LogP contribution in [0.3, 0.4) is 0 Å². The number of ether oxygens (including phenoxy) is 1. The van der Waals surface area contributed by atoms with Crippen LogP contribution in [0.5, 0.6) is 5.75 Å². The van der Waals surface area contributed by atoms with Crippen molar-refractivity contribution in [2.75, 3.05) is 6.61 Å². The van der Waals surface area contributed by atoms with Gasteiger partial charge in [0.1, 0.15) is 5.75 Å². The average molecular weight is 315 g/mol. The maximum atomic E-state index is 12.2. The van der Waals surface area contributed by atoms with Gasteiger partial charge in [-0.05, 0) is 30.5 Å². The molecule has 122 valence electrons. The van der Waals surface area contributed by atoms with Gasteiger partial charge in [0.2, 0.25) is 5.91 Å². The Bertz CT molecular complexity index is 505. The van der Waals surface area contributed by atoms with Crippen LogP contribution >= 0.6 is 0 Å². The molecule has 22 heavy (non-hydrogen) atoms. The van der Waals surface area contributed by atoms with Crippen molar-refractivity contribution in [1.29, 1.82) is 0 Å². The Balaban J connectivity index is 1.82. The molecule has 2 rings (SSSR count). The van der Waals surface area contributed by atoms with E-state index in [9.17, 15) is 18.0 Å². The van der Waals surface area contributed by atoms with E-state index in [1.165, 1.54) is 12.1 Å². The Hall–Kier alpha value is -1.72. The maximum Gasteiger partial charge on any atom is 0.422 e. The number of benzene rings is 1. The zero-order valence-corrected chi connectivity index (χ0v) is 12.5. The van der Waals surface area contributed by atoms with Crippen LogP contribution in [-0.2, 0) is 11.3 Å². The normalized spacial score (nSPS) is 17.3. The smallest absolute Gasteiger partial charge is 0.422 e. The molecule has 0 aliphatic heterocycles. The van der Waals surface area contributed by atoms with E-state index in [2.05, 4.69) is 10.1 Å². The number of carbonyl (C=O) groups is 1. The molecular formula is C16H20F3NO2. The number of hydrogen-bond donors (Lipinski definition) is 1. The molecule has 1 aliphatic rings. The third kappa shape index (κ3) is 4.64. The Morgan fingerprint density at radius 3 is 2.36 bits per heavy atom. The predicted octanol–water partition coefficient (Wildman–Crippen LogP) is 3.82. The molecule has 0 unspecified atom stereocenters. The lowest BCUT2D eigenvalue weighted by Gasteiger charge is -2.22. The standard InChI is InChI=1S/C16H20F3NO2/c1-15(8-2-3-9-15)14(21)20-10-12-4-6-13(7-5-12)22-11-16(17,18)19/h4-7H,2-3,8-11H2,1H3,(H,20,21). The monoisotopic (exact) mass is 315 g/mol. The minimum absolute atomic E-state index is 0.0439. The molecular weight excluding hydrogens is 295 g/mol. The number of halogens is 3. The SMILES string of the molecule is CC1(C(=O)NCc2ccc(OCC(F)(F)F)cc2)CCCC1. The first kappa shape index (κ1) is 16.6. The molecule has 1 amide bonds. The summed E-state index contributed by atoms with van der Waals surface area (Å²) in [5, 5.41) is 2.90. The van der Waals surface area contributed by atoms with Crippen LogP contribution in [0.4, 0.5) is 13.2 Å². The van der Waals surface area contributed by atoms with Crippen LogP contribution in [0, 0.1) is 5.41 Å². The first-order valence-corrected chi connectivity index (χ1v) is 7.35. The van der Waals surface area contributed by atoms with Crippen molar-refractivity contribution in [2.24, 2.45) is 5.41 Å². The topological polar surface area (TPSA) is 38.3 Å². The molecule has 1 aliphatic carbocycles. The highest BCUT2D eigenvalue weighted by Crippen LogP contribution is 2.37. The van der Waals surface area contributed by atoms with E-state index in [4.69, 9.17) is 0 Å². The third-order valence-corrected chi connectivity index (χ3v) is 4.03. The molecule has 0 bridgehead atoms. The first-order chi connectivity index (χ1) is 10.3. The predicted molar refractivity (Wildman–Crippen MR) is 76.4 cm³/mol. The fourth-order valence-electron chi connectivity index (χ4n) is 2.65. The van der Waals surface area contributed by atoms with Gasteiger partial charge in [0, 0.05) is 12.0 Å². The van der Waals surface area contributed by atoms with E-state index in [1.54, 1.807) is 12.1 Å². The lowest BCUT2D eigenvalue weighted by Crippen LogP contribution is -2.36. The molecule has 1 aromatic rings. The van der Waals surface area contributed by atoms with Crippen LogP contribution in [0.25, 0.3) is 0 Å². The second-order valence-electron chi connectivity index (χ2n) is 6.00. The van der Waals surface area contributed by atoms with E-state index in [0.29, 0.717) is 6.54 Å². The Kier molecular flexibility index (Phi) is 4.98. The van der Waals surface area contributed by atoms with Gasteiger partial charge in [-0.15, -0.1) is 0 Å². The summed E-state index contributed by atoms with van der Waals surface area (Å²) in [6.45, 7) is 1.04. The lowest BCUT2D eigenvalue weighted by atomic mass is 9.88. The summed E-state index contributed by atoms with van der Waals surface area (Å²) < 4.78 is 40.8. The Labute approximate surface area is 127 Å². The van der Waals surface area contributed by atoms with E-state index in [1.807, 2.05) is 6.92 Å². The zero-order chi connectivity index (χ0) is 16.2. The molecule has 6 heteroatoms. The number of alkyl halides is 3. The van der Waals surface area contributed by atoms with Gasteiger partial charge in [0.15, 0.2) is 6.61 Å². The van der Waals surface area contributed by atoms with Gasteiger partial charge >= 0.3 is 6.18 Å². The van der Waals surface area contributed by atoms with Gasteiger partial charge < -0.3 is 10.1 Å². The molecule has 1 saturated carbocycles. The summed E-state index contributed by atoms with van der Waals surface area (Å²) in [6.07, 6.45) is -0.375. The van der Waals surface area contributed by atoms with Crippen LogP contribution in [0.1, 0.15) is 38.2 Å². The Morgan fingerprint density at radius 2 is 1.82 bits per heavy atom. The quantitative estimate of drug-likeness (QED) is 0.897. The van der Waals surface area contributed by atoms with Crippen LogP contribution in [0.15, 0.2) is 24.3 Å². The van der Waals surface area contributed by atoms with E-state index >= 15 is 0 Å². The van der Waals surface area contributed by atoms with Gasteiger partial charge in [-0.2, -0.15) is 13.2 Å². The number of amides is 1. The summed E-state index contributed by atoms with van der Waals surface area (Å²) in [4.78, 5) is 12.2. The molecule has 1 N–H and O–H groups in total. The third-order valence-electron chi connectivity index (χ3n) is 4.03. The molecule has 1 fully saturated rings. The van der Waals surface area contributed by atoms with Crippen molar-refractivity contribution >= 4 is 5.91 Å². The van der Waals surface area contributed by atoms with Gasteiger partial charge in [-0.25, -0.2) is 0 Å². The van der Waals surface area contributed by atoms with Crippen molar-refractivity contribution in [2.45, 2.75) is 45.3 Å². The van der Waals surface area contributed by atoms with Crippen LogP contribution < -0.4 is 10.1 Å². The highest BCUT2D eigenvalue weighted by molar-refractivity contribution is 5.82. The molecule has 0 saturated heterocycles. The van der Waals surface area contributed by atoms with Crippen molar-refractivity contribution in [1.82, 2.24) is 5.32 Å². The lowest BCUT2D eigenvalue weighted by molar-refractivity contribution is -0.153. The highest BCUT2D eigenvalue weighted by atomic mass is 19.4. The van der Waals surface area contributed by atoms with Gasteiger partial charge in [-0.1, -0.05) is 31.9 Å². The average Bonchev–Trinajstić information content (AvgIpc) is 2.91. The van der Waals surface area contributed by atoms with Crippen molar-refractivity contribution in [3.05, 3.63) is 29.8 Å². The van der Waals surface area contributed by atoms with E-state index in [0.717, 1.165) is 31.2 Å². The van der Waals surface area contributed by atoms with Gasteiger partial charge in [0.05, 0.1) is 0 Å². The zero-order valence-electron chi connectivity index (χ0n) is 12.5. The molecule has 0 radical (unpaired) electrons. The number of carbonyl (C=O) groups excluding carboxylic acids is 1. The fourth-order valence-corrected chi connectivity index (χ4v) is 2.65. The maximum absolute atomic E-state index is 12.2. The first-order valence-electron chi connectivity index (χ1n) is 7.35. The second-order valence-corrected chi connectivity index (χ2v) is 6.00. The molecule has 1 aromatic carbocycles. The number of nitrogens with one attached hydrogen (secondary N) is 1. The molecule has 0 aromatic heterocycles. The van der Waals surface area contributed by atoms with Crippen molar-refractivity contribution in [3.8, 4) is 5.75 Å². The second kappa shape index (κ2) is 6.58. The molecule has 0 atom stereocenters. The Morgan fingerprint density at radius 1 is 1.23 bits per heavy atom. The van der Waals surface area contributed by atoms with Crippen molar-refractivity contribution < 1.29 is 22.7 Å². The van der Waals surface area contributed by atoms with Gasteiger partial charge in [-0.3, -0.25) is 4.79 Å². The van der Waals surface area contributed by atoms with E-state index in [-0.39, 0.29) is 17.1 Å². The number of rotatable bonds is 5. The molecule has 0 heterocycles. The largest absolute Gasteiger partial charge is 0.484 e. The van der Waals surface area contributed by atoms with Gasteiger partial charge in [0.25, 0.3) is 0 Å². The summed E-state index contributed by atoms with van der Waals surface area (Å²) >= 11 is 0. The van der Waals surface area contributed by atoms with Crippen LogP contribution in [0.2, 0.25) is 0 Å². The van der Waals surface area contributed by atoms with Crippen molar-refractivity contribution in [3.63, 3.8) is 0 Å². The number of hydrogen-bond acceptors (Lipinski definition) is 2.